The fourth-order valence-corrected chi connectivity index (χ4v) is 2.54. The Labute approximate surface area is 124 Å². The topological polar surface area (TPSA) is 50.4 Å². The van der Waals surface area contributed by atoms with E-state index in [1.807, 2.05) is 20.8 Å². The number of nitrogens with one attached hydrogen (secondary N) is 2. The first kappa shape index (κ1) is 17.3. The normalized spacial score (nSPS) is 22.2. The van der Waals surface area contributed by atoms with E-state index >= 15 is 0 Å². The minimum atomic E-state index is -0.446. The van der Waals surface area contributed by atoms with Gasteiger partial charge in [-0.1, -0.05) is 20.8 Å². The van der Waals surface area contributed by atoms with Gasteiger partial charge in [0.25, 0.3) is 0 Å². The molecule has 0 aliphatic carbocycles. The van der Waals surface area contributed by atoms with Crippen LogP contribution in [0, 0.1) is 11.3 Å². The van der Waals surface area contributed by atoms with Crippen molar-refractivity contribution in [2.45, 2.75) is 72.4 Å². The molecule has 0 saturated carbocycles. The van der Waals surface area contributed by atoms with E-state index in [-0.39, 0.29) is 17.6 Å². The van der Waals surface area contributed by atoms with E-state index in [0.29, 0.717) is 5.92 Å². The van der Waals surface area contributed by atoms with E-state index in [4.69, 9.17) is 4.74 Å². The summed E-state index contributed by atoms with van der Waals surface area (Å²) in [6.07, 6.45) is 3.18. The molecule has 1 amide bonds. The smallest absolute Gasteiger partial charge is 0.407 e. The average Bonchev–Trinajstić information content (AvgIpc) is 2.25. The molecule has 0 aromatic carbocycles. The van der Waals surface area contributed by atoms with Crippen LogP contribution in [0.1, 0.15) is 60.8 Å². The SMILES string of the molecule is CC(C)(C)OC(=O)NC(CC1CCCNC1)C(C)(C)C. The number of piperidine rings is 1. The summed E-state index contributed by atoms with van der Waals surface area (Å²) in [5.74, 6) is 0.642. The zero-order valence-electron chi connectivity index (χ0n) is 14.0. The molecule has 2 unspecified atom stereocenters. The van der Waals surface area contributed by atoms with E-state index in [0.717, 1.165) is 19.5 Å². The minimum absolute atomic E-state index is 0.0361. The Bertz CT molecular complexity index is 309. The van der Waals surface area contributed by atoms with Gasteiger partial charge in [0.15, 0.2) is 0 Å². The quantitative estimate of drug-likeness (QED) is 0.836. The number of carbonyl (C=O) groups excluding carboxylic acids is 1. The van der Waals surface area contributed by atoms with Gasteiger partial charge in [-0.15, -0.1) is 0 Å². The van der Waals surface area contributed by atoms with Crippen molar-refractivity contribution in [3.63, 3.8) is 0 Å². The molecule has 1 rings (SSSR count). The van der Waals surface area contributed by atoms with Crippen molar-refractivity contribution in [2.75, 3.05) is 13.1 Å². The summed E-state index contributed by atoms with van der Waals surface area (Å²) in [5.41, 5.74) is -0.409. The molecule has 0 radical (unpaired) electrons. The largest absolute Gasteiger partial charge is 0.444 e. The molecule has 4 nitrogen and oxygen atoms in total. The Morgan fingerprint density at radius 1 is 1.30 bits per heavy atom. The Morgan fingerprint density at radius 3 is 2.40 bits per heavy atom. The monoisotopic (exact) mass is 284 g/mol. The van der Waals surface area contributed by atoms with Gasteiger partial charge in [-0.2, -0.15) is 0 Å². The van der Waals surface area contributed by atoms with Gasteiger partial charge in [-0.3, -0.25) is 0 Å². The minimum Gasteiger partial charge on any atom is -0.444 e. The predicted molar refractivity (Wildman–Crippen MR) is 82.8 cm³/mol. The molecule has 0 spiro atoms. The van der Waals surface area contributed by atoms with E-state index < -0.39 is 5.60 Å². The van der Waals surface area contributed by atoms with Gasteiger partial charge in [0, 0.05) is 6.04 Å². The van der Waals surface area contributed by atoms with Gasteiger partial charge in [0.1, 0.15) is 5.60 Å². The standard InChI is InChI=1S/C16H32N2O2/c1-15(2,3)13(10-12-8-7-9-17-11-12)18-14(19)20-16(4,5)6/h12-13,17H,7-11H2,1-6H3,(H,18,19). The number of alkyl carbamates (subject to hydrolysis) is 1. The van der Waals surface area contributed by atoms with Crippen LogP contribution in [0.3, 0.4) is 0 Å². The lowest BCUT2D eigenvalue weighted by Gasteiger charge is -2.36. The second-order valence-electron chi connectivity index (χ2n) is 8.01. The Balaban J connectivity index is 2.58. The first-order valence-electron chi connectivity index (χ1n) is 7.78. The molecule has 118 valence electrons. The predicted octanol–water partition coefficient (Wildman–Crippen LogP) is 3.32. The second-order valence-corrected chi connectivity index (χ2v) is 8.01. The first-order valence-corrected chi connectivity index (χ1v) is 7.78. The highest BCUT2D eigenvalue weighted by molar-refractivity contribution is 5.68. The second kappa shape index (κ2) is 6.79. The van der Waals surface area contributed by atoms with Crippen LogP contribution in [0.15, 0.2) is 0 Å². The van der Waals surface area contributed by atoms with Gasteiger partial charge in [-0.05, 0) is 64.5 Å². The third-order valence-electron chi connectivity index (χ3n) is 3.70. The van der Waals surface area contributed by atoms with E-state index in [2.05, 4.69) is 31.4 Å². The van der Waals surface area contributed by atoms with Crippen molar-refractivity contribution in [3.05, 3.63) is 0 Å². The molecule has 1 fully saturated rings. The molecular weight excluding hydrogens is 252 g/mol. The van der Waals surface area contributed by atoms with Crippen LogP contribution in [0.25, 0.3) is 0 Å². The summed E-state index contributed by atoms with van der Waals surface area (Å²) in [6, 6.07) is 0.141. The van der Waals surface area contributed by atoms with Gasteiger partial charge < -0.3 is 15.4 Å². The van der Waals surface area contributed by atoms with Gasteiger partial charge in [0.05, 0.1) is 0 Å². The Morgan fingerprint density at radius 2 is 1.95 bits per heavy atom. The molecule has 2 atom stereocenters. The van der Waals surface area contributed by atoms with Crippen molar-refractivity contribution in [3.8, 4) is 0 Å². The zero-order valence-corrected chi connectivity index (χ0v) is 14.0. The van der Waals surface area contributed by atoms with Crippen LogP contribution in [0.5, 0.6) is 0 Å². The summed E-state index contributed by atoms with van der Waals surface area (Å²) in [4.78, 5) is 12.0. The number of amides is 1. The number of ether oxygens (including phenoxy) is 1. The van der Waals surface area contributed by atoms with Gasteiger partial charge in [-0.25, -0.2) is 4.79 Å². The van der Waals surface area contributed by atoms with E-state index in [1.165, 1.54) is 12.8 Å². The van der Waals surface area contributed by atoms with E-state index in [1.54, 1.807) is 0 Å². The number of hydrogen-bond acceptors (Lipinski definition) is 3. The third-order valence-corrected chi connectivity index (χ3v) is 3.70. The Kier molecular flexibility index (Phi) is 5.87. The molecule has 4 heteroatoms. The van der Waals surface area contributed by atoms with Gasteiger partial charge >= 0.3 is 6.09 Å². The summed E-state index contributed by atoms with van der Waals surface area (Å²) in [6.45, 7) is 14.4. The lowest BCUT2D eigenvalue weighted by atomic mass is 9.79. The zero-order chi connectivity index (χ0) is 15.4. The highest BCUT2D eigenvalue weighted by Gasteiger charge is 2.31. The molecule has 1 aliphatic rings. The molecule has 1 saturated heterocycles. The van der Waals surface area contributed by atoms with Crippen LogP contribution >= 0.6 is 0 Å². The van der Waals surface area contributed by atoms with Crippen LogP contribution in [0.2, 0.25) is 0 Å². The van der Waals surface area contributed by atoms with Gasteiger partial charge in [0.2, 0.25) is 0 Å². The Hall–Kier alpha value is -0.770. The van der Waals surface area contributed by atoms with Crippen molar-refractivity contribution in [1.29, 1.82) is 0 Å². The lowest BCUT2D eigenvalue weighted by Crippen LogP contribution is -2.48. The summed E-state index contributed by atoms with van der Waals surface area (Å²) < 4.78 is 5.39. The van der Waals surface area contributed by atoms with Crippen LogP contribution < -0.4 is 10.6 Å². The molecule has 2 N–H and O–H groups in total. The fraction of sp³-hybridized carbons (Fsp3) is 0.938. The highest BCUT2D eigenvalue weighted by Crippen LogP contribution is 2.27. The molecule has 1 heterocycles. The van der Waals surface area contributed by atoms with Crippen molar-refractivity contribution >= 4 is 6.09 Å². The summed E-state index contributed by atoms with van der Waals surface area (Å²) in [5, 5.41) is 6.51. The molecule has 0 bridgehead atoms. The fourth-order valence-electron chi connectivity index (χ4n) is 2.54. The molecule has 0 aromatic heterocycles. The number of carbonyl (C=O) groups is 1. The van der Waals surface area contributed by atoms with Crippen molar-refractivity contribution in [2.24, 2.45) is 11.3 Å². The van der Waals surface area contributed by atoms with Crippen LogP contribution in [0.4, 0.5) is 4.79 Å². The number of rotatable bonds is 3. The number of hydrogen-bond donors (Lipinski definition) is 2. The molecule has 0 aromatic rings. The maximum absolute atomic E-state index is 12.0. The van der Waals surface area contributed by atoms with Crippen LogP contribution in [-0.2, 0) is 4.74 Å². The first-order chi connectivity index (χ1) is 9.08. The maximum atomic E-state index is 12.0. The average molecular weight is 284 g/mol. The summed E-state index contributed by atoms with van der Waals surface area (Å²) >= 11 is 0. The highest BCUT2D eigenvalue weighted by atomic mass is 16.6. The molecule has 20 heavy (non-hydrogen) atoms. The lowest BCUT2D eigenvalue weighted by molar-refractivity contribution is 0.0446. The van der Waals surface area contributed by atoms with Crippen LogP contribution in [-0.4, -0.2) is 30.8 Å². The maximum Gasteiger partial charge on any atom is 0.407 e. The van der Waals surface area contributed by atoms with Crippen molar-refractivity contribution < 1.29 is 9.53 Å². The third kappa shape index (κ3) is 6.60. The summed E-state index contributed by atoms with van der Waals surface area (Å²) in [7, 11) is 0. The molecule has 1 aliphatic heterocycles. The molecular formula is C16H32N2O2. The van der Waals surface area contributed by atoms with Crippen molar-refractivity contribution in [1.82, 2.24) is 10.6 Å². The van der Waals surface area contributed by atoms with E-state index in [9.17, 15) is 4.79 Å².